The van der Waals surface area contributed by atoms with Crippen LogP contribution >= 0.6 is 0 Å². The summed E-state index contributed by atoms with van der Waals surface area (Å²) in [4.78, 5) is 30.8. The van der Waals surface area contributed by atoms with Crippen molar-refractivity contribution in [1.29, 1.82) is 0 Å². The van der Waals surface area contributed by atoms with Crippen LogP contribution in [0.15, 0.2) is 42.4 Å². The summed E-state index contributed by atoms with van der Waals surface area (Å²) in [7, 11) is 0. The maximum atomic E-state index is 13.6. The number of nitrogens with zero attached hydrogens (tertiary/aromatic N) is 3. The summed E-state index contributed by atoms with van der Waals surface area (Å²) in [5.74, 6) is 0.340. The smallest absolute Gasteiger partial charge is 0.310 e. The molecule has 5 aliphatic rings. The zero-order chi connectivity index (χ0) is 30.8. The van der Waals surface area contributed by atoms with Crippen molar-refractivity contribution < 1.29 is 14.7 Å². The normalized spacial score (nSPS) is 40.5. The van der Waals surface area contributed by atoms with Gasteiger partial charge in [-0.1, -0.05) is 60.1 Å². The van der Waals surface area contributed by atoms with Gasteiger partial charge in [-0.25, -0.2) is 0 Å². The summed E-state index contributed by atoms with van der Waals surface area (Å²) in [5, 5.41) is 15.4. The van der Waals surface area contributed by atoms with E-state index in [1.165, 1.54) is 11.1 Å². The van der Waals surface area contributed by atoms with Crippen LogP contribution in [0.25, 0.3) is 0 Å². The van der Waals surface area contributed by atoms with Crippen molar-refractivity contribution in [1.82, 2.24) is 14.8 Å². The Labute approximate surface area is 256 Å². The second-order valence-corrected chi connectivity index (χ2v) is 17.1. The van der Waals surface area contributed by atoms with Crippen molar-refractivity contribution in [2.75, 3.05) is 0 Å². The van der Waals surface area contributed by atoms with E-state index in [0.29, 0.717) is 17.4 Å². The Kier molecular flexibility index (Phi) is 6.01. The maximum absolute atomic E-state index is 13.6. The Morgan fingerprint density at radius 2 is 1.70 bits per heavy atom. The van der Waals surface area contributed by atoms with Gasteiger partial charge < -0.3 is 5.11 Å². The average Bonchev–Trinajstić information content (AvgIpc) is 3.37. The highest BCUT2D eigenvalue weighted by atomic mass is 16.4. The van der Waals surface area contributed by atoms with Crippen molar-refractivity contribution in [3.63, 3.8) is 0 Å². The highest BCUT2D eigenvalue weighted by Crippen LogP contribution is 2.75. The van der Waals surface area contributed by atoms with Crippen LogP contribution in [-0.4, -0.2) is 31.7 Å². The first-order valence-corrected chi connectivity index (χ1v) is 16.6. The molecule has 2 heterocycles. The number of hydrogen-bond acceptors (Lipinski definition) is 4. The van der Waals surface area contributed by atoms with Crippen LogP contribution in [-0.2, 0) is 16.6 Å². The van der Waals surface area contributed by atoms with Gasteiger partial charge in [0.05, 0.1) is 22.9 Å². The fourth-order valence-electron chi connectivity index (χ4n) is 12.0. The predicted octanol–water partition coefficient (Wildman–Crippen LogP) is 7.87. The van der Waals surface area contributed by atoms with Gasteiger partial charge in [0.2, 0.25) is 0 Å². The third-order valence-corrected chi connectivity index (χ3v) is 14.3. The van der Waals surface area contributed by atoms with E-state index in [-0.39, 0.29) is 38.9 Å². The molecular weight excluding hydrogens is 534 g/mol. The quantitative estimate of drug-likeness (QED) is 0.364. The van der Waals surface area contributed by atoms with Crippen LogP contribution in [0.2, 0.25) is 0 Å². The molecule has 0 bridgehead atoms. The van der Waals surface area contributed by atoms with Gasteiger partial charge >= 0.3 is 5.97 Å². The van der Waals surface area contributed by atoms with E-state index in [2.05, 4.69) is 59.5 Å². The summed E-state index contributed by atoms with van der Waals surface area (Å²) in [6, 6.07) is 3.62. The monoisotopic (exact) mass is 583 g/mol. The molecule has 2 aromatic rings. The number of aliphatic carboxylic acids is 1. The zero-order valence-electron chi connectivity index (χ0n) is 27.2. The second-order valence-electron chi connectivity index (χ2n) is 17.1. The summed E-state index contributed by atoms with van der Waals surface area (Å²) in [5.41, 5.74) is 3.77. The zero-order valence-corrected chi connectivity index (χ0v) is 27.2. The number of fused-ring (bicyclic) bond motifs is 8. The molecule has 2 aromatic heterocycles. The molecule has 43 heavy (non-hydrogen) atoms. The van der Waals surface area contributed by atoms with Crippen LogP contribution in [0.1, 0.15) is 121 Å². The van der Waals surface area contributed by atoms with Gasteiger partial charge in [0.25, 0.3) is 5.91 Å². The lowest BCUT2D eigenvalue weighted by molar-refractivity contribution is -0.177. The molecule has 7 rings (SSSR count). The molecule has 0 spiro atoms. The largest absolute Gasteiger partial charge is 0.481 e. The Bertz CT molecular complexity index is 1540. The molecule has 7 atom stereocenters. The first kappa shape index (κ1) is 29.0. The van der Waals surface area contributed by atoms with Crippen LogP contribution in [0.4, 0.5) is 0 Å². The molecule has 0 radical (unpaired) electrons. The van der Waals surface area contributed by atoms with E-state index < -0.39 is 11.4 Å². The number of carbonyl (C=O) groups is 2. The van der Waals surface area contributed by atoms with Crippen molar-refractivity contribution in [2.45, 2.75) is 112 Å². The fraction of sp³-hybridized carbons (Fsp3) is 0.676. The third-order valence-electron chi connectivity index (χ3n) is 14.3. The lowest BCUT2D eigenvalue weighted by Gasteiger charge is -2.70. The number of carboxylic acids is 1. The summed E-state index contributed by atoms with van der Waals surface area (Å²) >= 11 is 0. The van der Waals surface area contributed by atoms with E-state index in [0.717, 1.165) is 63.5 Å². The number of hydrogen-bond donors (Lipinski definition) is 1. The van der Waals surface area contributed by atoms with E-state index >= 15 is 0 Å². The topological polar surface area (TPSA) is 85.1 Å². The molecule has 5 aliphatic carbocycles. The molecule has 6 nitrogen and oxygen atoms in total. The SMILES string of the molecule is CC1(C)CC[C@]2(C(=O)O)CC[C@]3(C)C(=CC[C@@H]4[C@@]5(C)Cc6cnn(C(=O)c7cccnc7)c6C(C)(C)[C@@H]5CC[C@]43C)[C@@H]2C1. The molecule has 0 aromatic carbocycles. The van der Waals surface area contributed by atoms with Crippen LogP contribution in [0.5, 0.6) is 0 Å². The lowest BCUT2D eigenvalue weighted by Crippen LogP contribution is -2.65. The number of carboxylic acid groups (broad SMARTS) is 1. The van der Waals surface area contributed by atoms with Gasteiger partial charge in [-0.05, 0) is 115 Å². The highest BCUT2D eigenvalue weighted by Gasteiger charge is 2.69. The Morgan fingerprint density at radius 3 is 2.40 bits per heavy atom. The number of aromatic nitrogens is 3. The van der Waals surface area contributed by atoms with Crippen molar-refractivity contribution in [3.8, 4) is 0 Å². The fourth-order valence-corrected chi connectivity index (χ4v) is 12.0. The molecule has 1 N–H and O–H groups in total. The number of rotatable bonds is 2. The minimum absolute atomic E-state index is 0.00812. The molecule has 0 unspecified atom stereocenters. The number of pyridine rings is 1. The number of allylic oxidation sites excluding steroid dienone is 2. The molecule has 0 saturated heterocycles. The summed E-state index contributed by atoms with van der Waals surface area (Å²) < 4.78 is 1.66. The first-order chi connectivity index (χ1) is 20.1. The van der Waals surface area contributed by atoms with Gasteiger partial charge in [-0.2, -0.15) is 9.78 Å². The van der Waals surface area contributed by atoms with Crippen molar-refractivity contribution >= 4 is 11.9 Å². The van der Waals surface area contributed by atoms with E-state index in [9.17, 15) is 14.7 Å². The average molecular weight is 584 g/mol. The van der Waals surface area contributed by atoms with E-state index in [4.69, 9.17) is 5.10 Å². The molecule has 3 saturated carbocycles. The first-order valence-electron chi connectivity index (χ1n) is 16.6. The standard InChI is InChI=1S/C37H49N3O3/c1-32(2)14-16-37(31(42)43)17-15-35(6)25(26(37)20-32)10-11-28-34(5)19-24-22-39-40(30(41)23-9-8-18-38-21-23)29(24)33(3,4)27(34)12-13-36(28,35)7/h8-10,18,21-22,26-28H,11-17,19-20H2,1-7H3,(H,42,43)/t26-,27-,28+,34-,35+,36+,37-/m0/s1. The van der Waals surface area contributed by atoms with Crippen molar-refractivity contribution in [3.05, 3.63) is 59.2 Å². The van der Waals surface area contributed by atoms with Crippen molar-refractivity contribution in [2.24, 2.45) is 44.8 Å². The molecular formula is C37H49N3O3. The van der Waals surface area contributed by atoms with Gasteiger partial charge in [0.1, 0.15) is 0 Å². The van der Waals surface area contributed by atoms with Crippen LogP contribution < -0.4 is 0 Å². The second kappa shape index (κ2) is 8.91. The molecule has 230 valence electrons. The third kappa shape index (κ3) is 3.64. The van der Waals surface area contributed by atoms with Gasteiger partial charge in [-0.3, -0.25) is 14.6 Å². The minimum atomic E-state index is -0.609. The Hall–Kier alpha value is -2.76. The van der Waals surface area contributed by atoms with Crippen LogP contribution in [0, 0.1) is 44.8 Å². The van der Waals surface area contributed by atoms with E-state index in [1.54, 1.807) is 23.1 Å². The maximum Gasteiger partial charge on any atom is 0.310 e. The van der Waals surface area contributed by atoms with Gasteiger partial charge in [-0.15, -0.1) is 0 Å². The van der Waals surface area contributed by atoms with Gasteiger partial charge in [0, 0.05) is 17.8 Å². The van der Waals surface area contributed by atoms with Crippen LogP contribution in [0.3, 0.4) is 0 Å². The van der Waals surface area contributed by atoms with E-state index in [1.807, 2.05) is 12.3 Å². The lowest BCUT2D eigenvalue weighted by atomic mass is 9.33. The Balaban J connectivity index is 1.30. The minimum Gasteiger partial charge on any atom is -0.481 e. The summed E-state index contributed by atoms with van der Waals surface area (Å²) in [6.45, 7) is 16.9. The number of carbonyl (C=O) groups excluding carboxylic acids is 1. The highest BCUT2D eigenvalue weighted by molar-refractivity contribution is 5.95. The molecule has 0 aliphatic heterocycles. The predicted molar refractivity (Wildman–Crippen MR) is 167 cm³/mol. The summed E-state index contributed by atoms with van der Waals surface area (Å²) in [6.07, 6.45) is 16.5. The van der Waals surface area contributed by atoms with Gasteiger partial charge in [0.15, 0.2) is 0 Å². The molecule has 6 heteroatoms. The molecule has 0 amide bonds. The Morgan fingerprint density at radius 1 is 0.953 bits per heavy atom. The molecule has 3 fully saturated rings.